The van der Waals surface area contributed by atoms with Crippen LogP contribution in [0.5, 0.6) is 0 Å². The van der Waals surface area contributed by atoms with Gasteiger partial charge in [-0.25, -0.2) is 0 Å². The zero-order valence-electron chi connectivity index (χ0n) is 29.2. The number of benzene rings is 8. The van der Waals surface area contributed by atoms with E-state index in [2.05, 4.69) is 181 Å². The third kappa shape index (κ3) is 4.48. The van der Waals surface area contributed by atoms with E-state index in [0.29, 0.717) is 0 Å². The van der Waals surface area contributed by atoms with E-state index in [1.807, 2.05) is 0 Å². The van der Waals surface area contributed by atoms with E-state index in [4.69, 9.17) is 0 Å². The van der Waals surface area contributed by atoms with E-state index < -0.39 is 0 Å². The van der Waals surface area contributed by atoms with Crippen LogP contribution in [0.25, 0.3) is 54.9 Å². The van der Waals surface area contributed by atoms with Gasteiger partial charge in [0, 0.05) is 22.5 Å². The lowest BCUT2D eigenvalue weighted by Crippen LogP contribution is -2.31. The second kappa shape index (κ2) is 11.6. The van der Waals surface area contributed by atoms with Crippen molar-refractivity contribution in [2.24, 2.45) is 11.8 Å². The van der Waals surface area contributed by atoms with E-state index in [1.165, 1.54) is 80.6 Å². The maximum atomic E-state index is 2.55. The third-order valence-corrected chi connectivity index (χ3v) is 12.7. The molecule has 0 radical (unpaired) electrons. The largest absolute Gasteiger partial charge is 0.310 e. The summed E-state index contributed by atoms with van der Waals surface area (Å²) in [6.45, 7) is 0. The quantitative estimate of drug-likeness (QED) is 0.165. The first-order valence-corrected chi connectivity index (χ1v) is 18.9. The van der Waals surface area contributed by atoms with Crippen LogP contribution >= 0.6 is 0 Å². The highest BCUT2D eigenvalue weighted by molar-refractivity contribution is 6.08. The van der Waals surface area contributed by atoms with E-state index in [0.717, 1.165) is 28.9 Å². The second-order valence-corrected chi connectivity index (χ2v) is 15.3. The molecule has 52 heavy (non-hydrogen) atoms. The zero-order chi connectivity index (χ0) is 34.2. The average molecular weight is 666 g/mol. The van der Waals surface area contributed by atoms with Crippen molar-refractivity contribution in [3.63, 3.8) is 0 Å². The van der Waals surface area contributed by atoms with Crippen molar-refractivity contribution in [3.05, 3.63) is 187 Å². The Morgan fingerprint density at radius 3 is 1.81 bits per heavy atom. The zero-order valence-corrected chi connectivity index (χ0v) is 29.2. The van der Waals surface area contributed by atoms with Gasteiger partial charge in [-0.05, 0) is 140 Å². The maximum absolute atomic E-state index is 2.55. The molecule has 3 aliphatic rings. The number of hydrogen-bond donors (Lipinski definition) is 0. The summed E-state index contributed by atoms with van der Waals surface area (Å²) in [5, 5.41) is 5.09. The minimum atomic E-state index is 0.189. The molecule has 11 rings (SSSR count). The van der Waals surface area contributed by atoms with Crippen LogP contribution in [0, 0.1) is 11.8 Å². The van der Waals surface area contributed by atoms with Crippen molar-refractivity contribution in [1.82, 2.24) is 0 Å². The van der Waals surface area contributed by atoms with Gasteiger partial charge < -0.3 is 4.90 Å². The summed E-state index contributed by atoms with van der Waals surface area (Å²) < 4.78 is 0. The molecule has 8 aromatic carbocycles. The summed E-state index contributed by atoms with van der Waals surface area (Å²) in [6, 6.07) is 65.6. The van der Waals surface area contributed by atoms with Crippen LogP contribution in [0.1, 0.15) is 36.8 Å². The molecule has 0 N–H and O–H groups in total. The molecule has 1 nitrogen and oxygen atoms in total. The highest BCUT2D eigenvalue weighted by atomic mass is 15.1. The van der Waals surface area contributed by atoms with Crippen LogP contribution in [-0.2, 0) is 5.41 Å². The fourth-order valence-electron chi connectivity index (χ4n) is 10.4. The van der Waals surface area contributed by atoms with Crippen molar-refractivity contribution in [2.75, 3.05) is 4.90 Å². The molecule has 3 unspecified atom stereocenters. The molecule has 0 aliphatic heterocycles. The van der Waals surface area contributed by atoms with E-state index in [1.54, 1.807) is 11.1 Å². The Hall–Kier alpha value is -5.92. The molecule has 0 amide bonds. The van der Waals surface area contributed by atoms with Gasteiger partial charge in [0.2, 0.25) is 0 Å². The Labute approximate surface area is 305 Å². The van der Waals surface area contributed by atoms with Gasteiger partial charge in [0.05, 0.1) is 0 Å². The molecule has 2 fully saturated rings. The molecule has 248 valence electrons. The molecule has 2 bridgehead atoms. The summed E-state index contributed by atoms with van der Waals surface area (Å²) in [5.74, 6) is 1.63. The first-order valence-electron chi connectivity index (χ1n) is 18.9. The normalized spacial score (nSPS) is 19.7. The molecule has 3 aliphatic carbocycles. The highest BCUT2D eigenvalue weighted by Crippen LogP contribution is 2.65. The fraction of sp³-hybridized carbons (Fsp3) is 0.137. The van der Waals surface area contributed by atoms with Crippen molar-refractivity contribution >= 4 is 38.6 Å². The predicted molar refractivity (Wildman–Crippen MR) is 219 cm³/mol. The van der Waals surface area contributed by atoms with Gasteiger partial charge in [-0.3, -0.25) is 0 Å². The van der Waals surface area contributed by atoms with Gasteiger partial charge >= 0.3 is 0 Å². The van der Waals surface area contributed by atoms with Crippen LogP contribution < -0.4 is 4.90 Å². The van der Waals surface area contributed by atoms with Crippen molar-refractivity contribution in [1.29, 1.82) is 0 Å². The lowest BCUT2D eigenvalue weighted by molar-refractivity contribution is 0.327. The van der Waals surface area contributed by atoms with Crippen molar-refractivity contribution < 1.29 is 0 Å². The third-order valence-electron chi connectivity index (χ3n) is 12.7. The summed E-state index contributed by atoms with van der Waals surface area (Å²) in [4.78, 5) is 2.40. The first kappa shape index (κ1) is 29.8. The molecule has 1 spiro atoms. The molecule has 0 heterocycles. The van der Waals surface area contributed by atoms with Crippen LogP contribution in [-0.4, -0.2) is 0 Å². The van der Waals surface area contributed by atoms with Gasteiger partial charge in [0.25, 0.3) is 0 Å². The minimum Gasteiger partial charge on any atom is -0.310 e. The number of anilines is 3. The van der Waals surface area contributed by atoms with Crippen LogP contribution in [0.3, 0.4) is 0 Å². The summed E-state index contributed by atoms with van der Waals surface area (Å²) >= 11 is 0. The monoisotopic (exact) mass is 665 g/mol. The summed E-state index contributed by atoms with van der Waals surface area (Å²) in [5.41, 5.74) is 14.7. The number of nitrogens with zero attached hydrogens (tertiary/aromatic N) is 1. The molecule has 3 atom stereocenters. The standard InChI is InChI=1S/C51H39N/c1-2-8-35(9-3-1)36-17-23-42(24-18-36)52(44-27-29-46-40(31-44)16-15-38-10-4-5-11-45(38)46)43-25-19-37(20-26-43)39-21-28-48-47-12-6-7-13-49(47)51(50(48)32-39)33-34-14-22-41(51)30-34/h1-13,15-21,23-29,31-32,34,41H,14,22,30,33H2. The van der Waals surface area contributed by atoms with Crippen LogP contribution in [0.15, 0.2) is 176 Å². The lowest BCUT2D eigenvalue weighted by atomic mass is 9.66. The van der Waals surface area contributed by atoms with Gasteiger partial charge in [-0.1, -0.05) is 140 Å². The van der Waals surface area contributed by atoms with Gasteiger partial charge in [0.15, 0.2) is 0 Å². The summed E-state index contributed by atoms with van der Waals surface area (Å²) in [7, 11) is 0. The van der Waals surface area contributed by atoms with E-state index in [9.17, 15) is 0 Å². The SMILES string of the molecule is c1ccc(-c2ccc(N(c3ccc(-c4ccc5c(c4)C4(CC6CCC4C6)c4ccccc4-5)cc3)c3ccc4c(ccc5ccccc54)c3)cc2)cc1. The lowest BCUT2D eigenvalue weighted by Gasteiger charge is -2.36. The van der Waals surface area contributed by atoms with Gasteiger partial charge in [-0.15, -0.1) is 0 Å². The molecular weight excluding hydrogens is 627 g/mol. The Bertz CT molecular complexity index is 2640. The minimum absolute atomic E-state index is 0.189. The Morgan fingerprint density at radius 1 is 0.423 bits per heavy atom. The molecule has 2 saturated carbocycles. The highest BCUT2D eigenvalue weighted by Gasteiger charge is 2.56. The topological polar surface area (TPSA) is 3.24 Å². The Kier molecular flexibility index (Phi) is 6.61. The number of fused-ring (bicyclic) bond motifs is 11. The molecular formula is C51H39N. The molecule has 0 saturated heterocycles. The molecule has 0 aromatic heterocycles. The Morgan fingerprint density at radius 2 is 1.04 bits per heavy atom. The summed E-state index contributed by atoms with van der Waals surface area (Å²) in [6.07, 6.45) is 5.47. The molecule has 8 aromatic rings. The first-order chi connectivity index (χ1) is 25.7. The Balaban J connectivity index is 1.000. The number of hydrogen-bond acceptors (Lipinski definition) is 1. The number of rotatable bonds is 5. The fourth-order valence-corrected chi connectivity index (χ4v) is 10.4. The maximum Gasteiger partial charge on any atom is 0.0468 e. The average Bonchev–Trinajstić information content (AvgIpc) is 3.91. The van der Waals surface area contributed by atoms with E-state index >= 15 is 0 Å². The van der Waals surface area contributed by atoms with Crippen LogP contribution in [0.4, 0.5) is 17.1 Å². The predicted octanol–water partition coefficient (Wildman–Crippen LogP) is 13.9. The molecule has 1 heteroatoms. The van der Waals surface area contributed by atoms with Crippen molar-refractivity contribution in [2.45, 2.75) is 31.1 Å². The second-order valence-electron chi connectivity index (χ2n) is 15.3. The van der Waals surface area contributed by atoms with Crippen molar-refractivity contribution in [3.8, 4) is 33.4 Å². The smallest absolute Gasteiger partial charge is 0.0468 e. The van der Waals surface area contributed by atoms with Crippen LogP contribution in [0.2, 0.25) is 0 Å². The van der Waals surface area contributed by atoms with E-state index in [-0.39, 0.29) is 5.41 Å². The van der Waals surface area contributed by atoms with Gasteiger partial charge in [-0.2, -0.15) is 0 Å². The van der Waals surface area contributed by atoms with Gasteiger partial charge in [0.1, 0.15) is 0 Å².